The Morgan fingerprint density at radius 3 is 3.00 bits per heavy atom. The third-order valence-corrected chi connectivity index (χ3v) is 3.57. The summed E-state index contributed by atoms with van der Waals surface area (Å²) in [5, 5.41) is 12.0. The number of hydrogen-bond donors (Lipinski definition) is 1. The van der Waals surface area contributed by atoms with Crippen molar-refractivity contribution in [1.82, 2.24) is 9.97 Å². The molecule has 0 aliphatic heterocycles. The molecule has 0 bridgehead atoms. The number of benzene rings is 1. The van der Waals surface area contributed by atoms with E-state index in [-0.39, 0.29) is 12.4 Å². The highest BCUT2D eigenvalue weighted by atomic mass is 32.1. The summed E-state index contributed by atoms with van der Waals surface area (Å²) in [6.45, 7) is -0.0914. The summed E-state index contributed by atoms with van der Waals surface area (Å²) >= 11 is 1.41. The number of hydrogen-bond acceptors (Lipinski definition) is 4. The van der Waals surface area contributed by atoms with Crippen molar-refractivity contribution in [2.24, 2.45) is 0 Å². The highest BCUT2D eigenvalue weighted by Gasteiger charge is 2.07. The van der Waals surface area contributed by atoms with Crippen molar-refractivity contribution in [3.05, 3.63) is 47.4 Å². The molecule has 0 fully saturated rings. The molecule has 0 aliphatic carbocycles. The van der Waals surface area contributed by atoms with Gasteiger partial charge < -0.3 is 5.11 Å². The number of aliphatic hydroxyl groups excluding tert-OH is 1. The molecule has 2 heterocycles. The third-order valence-electron chi connectivity index (χ3n) is 2.63. The minimum absolute atomic E-state index is 0.0914. The fourth-order valence-electron chi connectivity index (χ4n) is 1.74. The lowest BCUT2D eigenvalue weighted by molar-refractivity contribution is 0.278. The second-order valence-electron chi connectivity index (χ2n) is 3.83. The minimum atomic E-state index is -0.291. The zero-order valence-corrected chi connectivity index (χ0v) is 10.1. The Balaban J connectivity index is 2.15. The summed E-state index contributed by atoms with van der Waals surface area (Å²) in [6, 6.07) is 6.55. The molecule has 0 saturated heterocycles. The number of rotatable bonds is 2. The van der Waals surface area contributed by atoms with Crippen LogP contribution in [0.25, 0.3) is 21.5 Å². The van der Waals surface area contributed by atoms with Gasteiger partial charge in [-0.3, -0.25) is 4.98 Å². The van der Waals surface area contributed by atoms with Gasteiger partial charge in [-0.2, -0.15) is 0 Å². The molecule has 0 aliphatic rings. The van der Waals surface area contributed by atoms with E-state index in [4.69, 9.17) is 5.11 Å². The number of fused-ring (bicyclic) bond motifs is 1. The maximum atomic E-state index is 13.7. The lowest BCUT2D eigenvalue weighted by Gasteiger charge is -2.01. The first-order valence-electron chi connectivity index (χ1n) is 5.38. The summed E-state index contributed by atoms with van der Waals surface area (Å²) in [4.78, 5) is 8.46. The largest absolute Gasteiger partial charge is 0.390 e. The van der Waals surface area contributed by atoms with Crippen LogP contribution in [0.15, 0.2) is 35.8 Å². The predicted octanol–water partition coefficient (Wildman–Crippen LogP) is 2.99. The number of halogens is 1. The van der Waals surface area contributed by atoms with Gasteiger partial charge in [0.05, 0.1) is 17.8 Å². The van der Waals surface area contributed by atoms with Crippen LogP contribution in [0.3, 0.4) is 0 Å². The summed E-state index contributed by atoms with van der Waals surface area (Å²) in [6.07, 6.45) is 1.67. The molecular formula is C13H9FN2OS. The molecule has 0 atom stereocenters. The Bertz CT molecular complexity index is 711. The van der Waals surface area contributed by atoms with Crippen LogP contribution in [0, 0.1) is 5.82 Å². The van der Waals surface area contributed by atoms with Gasteiger partial charge in [-0.1, -0.05) is 6.07 Å². The van der Waals surface area contributed by atoms with Crippen LogP contribution in [0.2, 0.25) is 0 Å². The van der Waals surface area contributed by atoms with Gasteiger partial charge in [-0.25, -0.2) is 9.37 Å². The Morgan fingerprint density at radius 1 is 1.33 bits per heavy atom. The molecule has 0 amide bonds. The molecule has 3 nitrogen and oxygen atoms in total. The molecule has 18 heavy (non-hydrogen) atoms. The van der Waals surface area contributed by atoms with Crippen LogP contribution < -0.4 is 0 Å². The highest BCUT2D eigenvalue weighted by Crippen LogP contribution is 2.26. The normalized spacial score (nSPS) is 11.0. The van der Waals surface area contributed by atoms with Gasteiger partial charge in [0, 0.05) is 22.5 Å². The van der Waals surface area contributed by atoms with Gasteiger partial charge >= 0.3 is 0 Å². The van der Waals surface area contributed by atoms with Crippen molar-refractivity contribution in [1.29, 1.82) is 0 Å². The van der Waals surface area contributed by atoms with E-state index >= 15 is 0 Å². The van der Waals surface area contributed by atoms with Crippen LogP contribution in [0.5, 0.6) is 0 Å². The van der Waals surface area contributed by atoms with Gasteiger partial charge in [0.15, 0.2) is 0 Å². The van der Waals surface area contributed by atoms with E-state index in [0.29, 0.717) is 16.6 Å². The second kappa shape index (κ2) is 4.44. The summed E-state index contributed by atoms with van der Waals surface area (Å²) in [5.41, 5.74) is 2.00. The van der Waals surface area contributed by atoms with Crippen LogP contribution in [-0.4, -0.2) is 15.1 Å². The Morgan fingerprint density at radius 2 is 2.22 bits per heavy atom. The first kappa shape index (κ1) is 11.3. The van der Waals surface area contributed by atoms with Crippen LogP contribution >= 0.6 is 11.3 Å². The lowest BCUT2D eigenvalue weighted by Crippen LogP contribution is -1.86. The second-order valence-corrected chi connectivity index (χ2v) is 4.69. The van der Waals surface area contributed by atoms with Gasteiger partial charge in [0.2, 0.25) is 0 Å². The molecule has 90 valence electrons. The van der Waals surface area contributed by atoms with Crippen LogP contribution in [-0.2, 0) is 6.61 Å². The molecule has 3 aromatic rings. The van der Waals surface area contributed by atoms with Gasteiger partial charge in [-0.15, -0.1) is 11.3 Å². The highest BCUT2D eigenvalue weighted by molar-refractivity contribution is 7.13. The molecule has 1 N–H and O–H groups in total. The predicted molar refractivity (Wildman–Crippen MR) is 68.7 cm³/mol. The van der Waals surface area contributed by atoms with Crippen LogP contribution in [0.4, 0.5) is 4.39 Å². The van der Waals surface area contributed by atoms with E-state index in [9.17, 15) is 4.39 Å². The van der Waals surface area contributed by atoms with Crippen LogP contribution in [0.1, 0.15) is 5.69 Å². The van der Waals surface area contributed by atoms with Crippen molar-refractivity contribution in [2.45, 2.75) is 6.61 Å². The van der Waals surface area contributed by atoms with Gasteiger partial charge in [0.1, 0.15) is 10.8 Å². The monoisotopic (exact) mass is 260 g/mol. The average Bonchev–Trinajstić information content (AvgIpc) is 2.88. The number of aliphatic hydroxyl groups is 1. The molecular weight excluding hydrogens is 251 g/mol. The third kappa shape index (κ3) is 1.87. The average molecular weight is 260 g/mol. The van der Waals surface area contributed by atoms with Crippen molar-refractivity contribution in [3.8, 4) is 10.6 Å². The van der Waals surface area contributed by atoms with E-state index in [1.54, 1.807) is 29.8 Å². The molecule has 0 spiro atoms. The molecule has 5 heteroatoms. The van der Waals surface area contributed by atoms with Crippen molar-refractivity contribution in [3.63, 3.8) is 0 Å². The fraction of sp³-hybridized carbons (Fsp3) is 0.0769. The molecule has 1 aromatic carbocycles. The summed E-state index contributed by atoms with van der Waals surface area (Å²) in [5.74, 6) is -0.291. The van der Waals surface area contributed by atoms with Gasteiger partial charge in [0.25, 0.3) is 0 Å². The van der Waals surface area contributed by atoms with E-state index in [0.717, 1.165) is 10.6 Å². The lowest BCUT2D eigenvalue weighted by atomic mass is 10.1. The molecule has 0 unspecified atom stereocenters. The number of thiazole rings is 1. The standard InChI is InChI=1S/C13H9FN2OS/c14-11-2-1-3-12-10(11)4-8(5-15-12)13-16-9(6-17)7-18-13/h1-5,7,17H,6H2. The van der Waals surface area contributed by atoms with E-state index in [1.165, 1.54) is 17.4 Å². The zero-order chi connectivity index (χ0) is 12.5. The Kier molecular flexibility index (Phi) is 2.77. The smallest absolute Gasteiger partial charge is 0.132 e. The van der Waals surface area contributed by atoms with E-state index < -0.39 is 0 Å². The Hall–Kier alpha value is -1.85. The SMILES string of the molecule is OCc1csc(-c2cnc3cccc(F)c3c2)n1. The topological polar surface area (TPSA) is 46.0 Å². The van der Waals surface area contributed by atoms with E-state index in [2.05, 4.69) is 9.97 Å². The molecule has 2 aromatic heterocycles. The maximum Gasteiger partial charge on any atom is 0.132 e. The molecule has 0 radical (unpaired) electrons. The van der Waals surface area contributed by atoms with Crippen molar-refractivity contribution in [2.75, 3.05) is 0 Å². The molecule has 3 rings (SSSR count). The molecule has 0 saturated carbocycles. The first-order chi connectivity index (χ1) is 8.78. The Labute approximate surface area is 107 Å². The number of nitrogens with zero attached hydrogens (tertiary/aromatic N) is 2. The fourth-order valence-corrected chi connectivity index (χ4v) is 2.53. The summed E-state index contributed by atoms with van der Waals surface area (Å²) < 4.78 is 13.7. The quantitative estimate of drug-likeness (QED) is 0.770. The summed E-state index contributed by atoms with van der Waals surface area (Å²) in [7, 11) is 0. The van der Waals surface area contributed by atoms with Crippen molar-refractivity contribution >= 4 is 22.2 Å². The van der Waals surface area contributed by atoms with Gasteiger partial charge in [-0.05, 0) is 18.2 Å². The maximum absolute atomic E-state index is 13.7. The first-order valence-corrected chi connectivity index (χ1v) is 6.26. The minimum Gasteiger partial charge on any atom is -0.390 e. The van der Waals surface area contributed by atoms with Crippen molar-refractivity contribution < 1.29 is 9.50 Å². The van der Waals surface area contributed by atoms with E-state index in [1.807, 2.05) is 0 Å². The number of pyridine rings is 1. The number of aromatic nitrogens is 2. The zero-order valence-electron chi connectivity index (χ0n) is 9.30.